The predicted molar refractivity (Wildman–Crippen MR) is 164 cm³/mol. The molecule has 3 rings (SSSR count). The molecule has 0 bridgehead atoms. The van der Waals surface area contributed by atoms with Gasteiger partial charge in [-0.25, -0.2) is 9.56 Å². The van der Waals surface area contributed by atoms with Crippen LogP contribution < -0.4 is 15.8 Å². The fraction of sp³-hybridized carbons (Fsp3) is 0.567. The molecule has 1 aromatic carbocycles. The van der Waals surface area contributed by atoms with Gasteiger partial charge in [0.25, 0.3) is 11.7 Å². The minimum absolute atomic E-state index is 0.0975. The van der Waals surface area contributed by atoms with Crippen LogP contribution in [-0.2, 0) is 14.2 Å². The lowest BCUT2D eigenvalue weighted by atomic mass is 10.0. The Bertz CT molecular complexity index is 1070. The van der Waals surface area contributed by atoms with Gasteiger partial charge in [0, 0.05) is 64.4 Å². The van der Waals surface area contributed by atoms with Crippen molar-refractivity contribution < 1.29 is 28.3 Å². The first-order chi connectivity index (χ1) is 20.1. The average Bonchev–Trinajstić information content (AvgIpc) is 3.02. The van der Waals surface area contributed by atoms with E-state index in [1.807, 2.05) is 44.2 Å². The van der Waals surface area contributed by atoms with Crippen molar-refractivity contribution >= 4 is 29.0 Å². The number of halogens is 1. The number of hydrogen-bond acceptors (Lipinski definition) is 7. The fourth-order valence-electron chi connectivity index (χ4n) is 4.58. The first-order valence-corrected chi connectivity index (χ1v) is 14.9. The van der Waals surface area contributed by atoms with Gasteiger partial charge in [-0.2, -0.15) is 0 Å². The molecule has 0 radical (unpaired) electrons. The second-order valence-corrected chi connectivity index (χ2v) is 9.25. The molecule has 0 saturated carbocycles. The molecular formula is C30H47ClN5O5+. The fourth-order valence-corrected chi connectivity index (χ4v) is 4.58. The standard InChI is InChI=1S/C29H43N5O5.CH3Cl/c1-5-31-27(20-30)34(6-2)26-9-7-22(19-25(26)29(35)33(13-17-36-3)14-18-37-4)23-8-10-28(32-21-23)39-24-11-15-38-16-12-24;1-2/h7-10,19,21,24H,5-6,11-18,20,30H2,1-4H3;1H3/p+1. The molecule has 3 N–H and O–H groups in total. The first kappa shape index (κ1) is 34.4. The number of nitrogens with zero attached hydrogens (tertiary/aromatic N) is 3. The molecule has 228 valence electrons. The van der Waals surface area contributed by atoms with Crippen LogP contribution in [-0.4, -0.2) is 112 Å². The van der Waals surface area contributed by atoms with Crippen LogP contribution in [0.4, 0.5) is 5.69 Å². The van der Waals surface area contributed by atoms with Gasteiger partial charge in [-0.3, -0.25) is 10.1 Å². The minimum Gasteiger partial charge on any atom is -0.474 e. The third-order valence-electron chi connectivity index (χ3n) is 6.68. The quantitative estimate of drug-likeness (QED) is 0.148. The predicted octanol–water partition coefficient (Wildman–Crippen LogP) is 3.53. The van der Waals surface area contributed by atoms with Crippen LogP contribution in [0.5, 0.6) is 5.88 Å². The van der Waals surface area contributed by atoms with E-state index in [1.54, 1.807) is 25.3 Å². The van der Waals surface area contributed by atoms with Gasteiger partial charge in [0.15, 0.2) is 0 Å². The molecule has 1 saturated heterocycles. The van der Waals surface area contributed by atoms with Gasteiger partial charge in [-0.05, 0) is 37.6 Å². The number of likely N-dealkylation sites (N-methyl/N-ethyl adjacent to an activating group) is 1. The maximum atomic E-state index is 14.0. The highest BCUT2D eigenvalue weighted by atomic mass is 35.5. The highest BCUT2D eigenvalue weighted by Gasteiger charge is 2.25. The third-order valence-corrected chi connectivity index (χ3v) is 6.68. The van der Waals surface area contributed by atoms with Gasteiger partial charge in [0.05, 0.1) is 51.6 Å². The number of aromatic nitrogens is 1. The summed E-state index contributed by atoms with van der Waals surface area (Å²) in [6, 6.07) is 9.79. The number of rotatable bonds is 14. The lowest BCUT2D eigenvalue weighted by Crippen LogP contribution is -2.39. The molecule has 1 aliphatic heterocycles. The SMILES string of the molecule is CCNC(CN)=[N+](CC)c1ccc(-c2ccc(OC3CCOCC3)nc2)cc1C(=O)N(CCOC)CCOC.CCl. The number of benzene rings is 1. The Morgan fingerprint density at radius 3 is 2.29 bits per heavy atom. The zero-order chi connectivity index (χ0) is 30.0. The molecule has 1 fully saturated rings. The molecule has 11 heteroatoms. The monoisotopic (exact) mass is 592 g/mol. The molecule has 0 spiro atoms. The Hall–Kier alpha value is -2.76. The Morgan fingerprint density at radius 1 is 1.10 bits per heavy atom. The van der Waals surface area contributed by atoms with Crippen molar-refractivity contribution in [2.45, 2.75) is 32.8 Å². The summed E-state index contributed by atoms with van der Waals surface area (Å²) in [5, 5.41) is 3.35. The highest BCUT2D eigenvalue weighted by Crippen LogP contribution is 2.29. The van der Waals surface area contributed by atoms with Crippen LogP contribution in [0.2, 0.25) is 0 Å². The molecule has 41 heavy (non-hydrogen) atoms. The van der Waals surface area contributed by atoms with E-state index in [-0.39, 0.29) is 12.0 Å². The highest BCUT2D eigenvalue weighted by molar-refractivity contribution is 6.15. The van der Waals surface area contributed by atoms with Gasteiger partial charge in [0.1, 0.15) is 11.8 Å². The lowest BCUT2D eigenvalue weighted by Gasteiger charge is -2.24. The number of carbonyl (C=O) groups excluding carboxylic acids is 1. The molecule has 1 aromatic heterocycles. The van der Waals surface area contributed by atoms with Crippen molar-refractivity contribution in [3.8, 4) is 17.0 Å². The number of nitrogens with one attached hydrogen (secondary N) is 1. The van der Waals surface area contributed by atoms with Crippen molar-refractivity contribution in [2.75, 3.05) is 79.8 Å². The van der Waals surface area contributed by atoms with E-state index in [4.69, 9.17) is 24.7 Å². The number of amidine groups is 1. The zero-order valence-corrected chi connectivity index (χ0v) is 25.9. The molecule has 1 aliphatic rings. The number of ether oxygens (including phenoxy) is 4. The summed E-state index contributed by atoms with van der Waals surface area (Å²) in [5.41, 5.74) is 9.25. The molecule has 2 heterocycles. The van der Waals surface area contributed by atoms with Gasteiger partial charge >= 0.3 is 0 Å². The Labute approximate surface area is 249 Å². The second kappa shape index (κ2) is 19.4. The number of nitrogens with two attached hydrogens (primary N) is 1. The number of methoxy groups -OCH3 is 2. The first-order valence-electron chi connectivity index (χ1n) is 14.1. The molecular weight excluding hydrogens is 546 g/mol. The van der Waals surface area contributed by atoms with E-state index in [1.165, 1.54) is 6.38 Å². The van der Waals surface area contributed by atoms with Crippen molar-refractivity contribution in [2.24, 2.45) is 5.73 Å². The molecule has 1 amide bonds. The molecule has 0 unspecified atom stereocenters. The smallest absolute Gasteiger partial charge is 0.263 e. The van der Waals surface area contributed by atoms with Crippen LogP contribution in [0.3, 0.4) is 0 Å². The summed E-state index contributed by atoms with van der Waals surface area (Å²) in [6.45, 7) is 8.96. The third kappa shape index (κ3) is 10.2. The molecule has 10 nitrogen and oxygen atoms in total. The normalized spacial score (nSPS) is 14.0. The van der Waals surface area contributed by atoms with Crippen molar-refractivity contribution in [3.63, 3.8) is 0 Å². The van der Waals surface area contributed by atoms with Crippen molar-refractivity contribution in [1.82, 2.24) is 15.2 Å². The van der Waals surface area contributed by atoms with Gasteiger partial charge in [-0.1, -0.05) is 6.07 Å². The van der Waals surface area contributed by atoms with E-state index in [9.17, 15) is 4.79 Å². The lowest BCUT2D eigenvalue weighted by molar-refractivity contribution is -0.439. The summed E-state index contributed by atoms with van der Waals surface area (Å²) in [7, 11) is 3.26. The Kier molecular flexibility index (Phi) is 16.3. The number of alkyl halides is 1. The summed E-state index contributed by atoms with van der Waals surface area (Å²) < 4.78 is 24.1. The average molecular weight is 593 g/mol. The van der Waals surface area contributed by atoms with Crippen LogP contribution >= 0.6 is 11.6 Å². The summed E-state index contributed by atoms with van der Waals surface area (Å²) in [4.78, 5) is 20.3. The van der Waals surface area contributed by atoms with E-state index in [0.29, 0.717) is 64.0 Å². The van der Waals surface area contributed by atoms with Crippen molar-refractivity contribution in [1.29, 1.82) is 0 Å². The van der Waals surface area contributed by atoms with Crippen LogP contribution in [0.15, 0.2) is 36.5 Å². The molecule has 2 aromatic rings. The number of carbonyl (C=O) groups is 1. The van der Waals surface area contributed by atoms with Crippen molar-refractivity contribution in [3.05, 3.63) is 42.1 Å². The zero-order valence-electron chi connectivity index (χ0n) is 25.2. The second-order valence-electron chi connectivity index (χ2n) is 9.25. The Balaban J connectivity index is 0.00000287. The van der Waals surface area contributed by atoms with Crippen LogP contribution in [0, 0.1) is 0 Å². The summed E-state index contributed by atoms with van der Waals surface area (Å²) >= 11 is 4.64. The number of hydrogen-bond donors (Lipinski definition) is 2. The van der Waals surface area contributed by atoms with E-state index in [0.717, 1.165) is 42.0 Å². The van der Waals surface area contributed by atoms with Gasteiger partial charge in [0.2, 0.25) is 5.88 Å². The minimum atomic E-state index is -0.0975. The maximum absolute atomic E-state index is 14.0. The molecule has 0 atom stereocenters. The molecule has 0 aliphatic carbocycles. The topological polar surface area (TPSA) is 111 Å². The van der Waals surface area contributed by atoms with Crippen LogP contribution in [0.1, 0.15) is 37.0 Å². The number of pyridine rings is 1. The Morgan fingerprint density at radius 2 is 1.76 bits per heavy atom. The van der Waals surface area contributed by atoms with E-state index >= 15 is 0 Å². The number of amides is 1. The largest absolute Gasteiger partial charge is 0.474 e. The van der Waals surface area contributed by atoms with E-state index < -0.39 is 0 Å². The van der Waals surface area contributed by atoms with Crippen LogP contribution in [0.25, 0.3) is 11.1 Å². The summed E-state index contributed by atoms with van der Waals surface area (Å²) in [5.74, 6) is 1.35. The maximum Gasteiger partial charge on any atom is 0.263 e. The van der Waals surface area contributed by atoms with E-state index in [2.05, 4.69) is 26.5 Å². The van der Waals surface area contributed by atoms with Gasteiger partial charge < -0.3 is 29.6 Å². The van der Waals surface area contributed by atoms with Gasteiger partial charge in [-0.15, -0.1) is 11.6 Å². The summed E-state index contributed by atoms with van der Waals surface area (Å²) in [6.07, 6.45) is 5.11.